The second kappa shape index (κ2) is 4.62. The van der Waals surface area contributed by atoms with Crippen LogP contribution in [0.5, 0.6) is 0 Å². The number of hydrogen-bond donors (Lipinski definition) is 0. The fourth-order valence-corrected chi connectivity index (χ4v) is 4.59. The molecule has 2 aliphatic heterocycles. The van der Waals surface area contributed by atoms with Gasteiger partial charge in [0.2, 0.25) is 0 Å². The Bertz CT molecular complexity index is 651. The van der Waals surface area contributed by atoms with Crippen LogP contribution in [0.4, 0.5) is 0 Å². The van der Waals surface area contributed by atoms with Gasteiger partial charge in [-0.1, -0.05) is 34.1 Å². The molecule has 2 atom stereocenters. The summed E-state index contributed by atoms with van der Waals surface area (Å²) in [4.78, 5) is 15.6. The summed E-state index contributed by atoms with van der Waals surface area (Å²) in [6.45, 7) is 0. The molecule has 0 aliphatic carbocycles. The molecule has 0 radical (unpaired) electrons. The fourth-order valence-electron chi connectivity index (χ4n) is 3.72. The normalized spacial score (nSPS) is 29.1. The van der Waals surface area contributed by atoms with Gasteiger partial charge in [-0.05, 0) is 31.7 Å². The van der Waals surface area contributed by atoms with E-state index in [-0.39, 0.29) is 5.91 Å². The number of furan rings is 1. The summed E-state index contributed by atoms with van der Waals surface area (Å²) >= 11 is 3.72. The van der Waals surface area contributed by atoms with Gasteiger partial charge in [0.15, 0.2) is 0 Å². The zero-order chi connectivity index (χ0) is 13.7. The lowest BCUT2D eigenvalue weighted by atomic mass is 10.0. The van der Waals surface area contributed by atoms with Crippen molar-refractivity contribution in [3.05, 3.63) is 36.1 Å². The molecule has 2 bridgehead atoms. The summed E-state index contributed by atoms with van der Waals surface area (Å²) in [6, 6.07) is 8.53. The van der Waals surface area contributed by atoms with E-state index in [1.165, 1.54) is 0 Å². The predicted octanol–water partition coefficient (Wildman–Crippen LogP) is 3.96. The predicted molar refractivity (Wildman–Crippen MR) is 81.1 cm³/mol. The second-order valence-electron chi connectivity index (χ2n) is 5.81. The molecule has 2 aromatic rings. The fraction of sp³-hybridized carbons (Fsp3) is 0.438. The molecule has 2 saturated heterocycles. The standard InChI is InChI=1S/C16H16BrNO2/c17-10-7-11-5-6-12(8-10)18(11)16(19)14-9-20-15-4-2-1-3-13(14)15/h1-4,9-12H,5-8H2. The molecular formula is C16H16BrNO2. The minimum absolute atomic E-state index is 0.141. The van der Waals surface area contributed by atoms with Gasteiger partial charge in [0.1, 0.15) is 11.8 Å². The number of fused-ring (bicyclic) bond motifs is 3. The molecule has 0 N–H and O–H groups in total. The SMILES string of the molecule is O=C(c1coc2ccccc12)N1C2CCC1CC(Br)C2. The monoisotopic (exact) mass is 333 g/mol. The zero-order valence-corrected chi connectivity index (χ0v) is 12.7. The van der Waals surface area contributed by atoms with E-state index in [0.29, 0.717) is 22.5 Å². The lowest BCUT2D eigenvalue weighted by Gasteiger charge is -2.37. The third kappa shape index (κ3) is 1.81. The Balaban J connectivity index is 1.71. The molecule has 1 aromatic carbocycles. The molecule has 1 amide bonds. The van der Waals surface area contributed by atoms with E-state index >= 15 is 0 Å². The van der Waals surface area contributed by atoms with E-state index in [1.54, 1.807) is 6.26 Å². The maximum atomic E-state index is 12.9. The number of nitrogens with zero attached hydrogens (tertiary/aromatic N) is 1. The van der Waals surface area contributed by atoms with Crippen molar-refractivity contribution in [1.82, 2.24) is 4.90 Å². The topological polar surface area (TPSA) is 33.5 Å². The molecule has 2 fully saturated rings. The van der Waals surface area contributed by atoms with Crippen molar-refractivity contribution in [2.45, 2.75) is 42.6 Å². The van der Waals surface area contributed by atoms with Gasteiger partial charge in [0.05, 0.1) is 5.56 Å². The first kappa shape index (κ1) is 12.5. The molecule has 0 saturated carbocycles. The Hall–Kier alpha value is -1.29. The summed E-state index contributed by atoms with van der Waals surface area (Å²) in [5.41, 5.74) is 1.50. The molecule has 4 rings (SSSR count). The van der Waals surface area contributed by atoms with Crippen molar-refractivity contribution in [2.75, 3.05) is 0 Å². The van der Waals surface area contributed by atoms with Gasteiger partial charge in [-0.3, -0.25) is 4.79 Å². The van der Waals surface area contributed by atoms with Crippen LogP contribution in [-0.2, 0) is 0 Å². The van der Waals surface area contributed by atoms with E-state index in [2.05, 4.69) is 20.8 Å². The van der Waals surface area contributed by atoms with Crippen molar-refractivity contribution >= 4 is 32.8 Å². The summed E-state index contributed by atoms with van der Waals surface area (Å²) in [5, 5.41) is 0.929. The molecule has 2 aliphatic rings. The highest BCUT2D eigenvalue weighted by atomic mass is 79.9. The first-order valence-corrected chi connectivity index (χ1v) is 8.08. The first-order valence-electron chi connectivity index (χ1n) is 7.17. The Morgan fingerprint density at radius 3 is 2.65 bits per heavy atom. The molecular weight excluding hydrogens is 318 g/mol. The maximum Gasteiger partial charge on any atom is 0.258 e. The summed E-state index contributed by atoms with van der Waals surface area (Å²) in [5.74, 6) is 0.141. The lowest BCUT2D eigenvalue weighted by Crippen LogP contribution is -2.46. The first-order chi connectivity index (χ1) is 9.74. The summed E-state index contributed by atoms with van der Waals surface area (Å²) in [7, 11) is 0. The Morgan fingerprint density at radius 2 is 1.90 bits per heavy atom. The molecule has 0 spiro atoms. The number of benzene rings is 1. The molecule has 2 unspecified atom stereocenters. The highest BCUT2D eigenvalue weighted by molar-refractivity contribution is 9.09. The maximum absolute atomic E-state index is 12.9. The van der Waals surface area contributed by atoms with Gasteiger partial charge in [-0.2, -0.15) is 0 Å². The second-order valence-corrected chi connectivity index (χ2v) is 7.11. The average Bonchev–Trinajstić information content (AvgIpc) is 2.98. The van der Waals surface area contributed by atoms with Gasteiger partial charge in [-0.25, -0.2) is 0 Å². The third-order valence-electron chi connectivity index (χ3n) is 4.62. The van der Waals surface area contributed by atoms with Crippen molar-refractivity contribution in [3.63, 3.8) is 0 Å². The highest BCUT2D eigenvalue weighted by Crippen LogP contribution is 2.40. The third-order valence-corrected chi connectivity index (χ3v) is 5.37. The van der Waals surface area contributed by atoms with Gasteiger partial charge in [-0.15, -0.1) is 0 Å². The minimum atomic E-state index is 0.141. The van der Waals surface area contributed by atoms with Crippen molar-refractivity contribution in [1.29, 1.82) is 0 Å². The number of hydrogen-bond acceptors (Lipinski definition) is 2. The number of carbonyl (C=O) groups is 1. The van der Waals surface area contributed by atoms with Crippen molar-refractivity contribution in [3.8, 4) is 0 Å². The average molecular weight is 334 g/mol. The van der Waals surface area contributed by atoms with E-state index < -0.39 is 0 Å². The van der Waals surface area contributed by atoms with Gasteiger partial charge >= 0.3 is 0 Å². The van der Waals surface area contributed by atoms with Crippen LogP contribution in [0.2, 0.25) is 0 Å². The number of rotatable bonds is 1. The van der Waals surface area contributed by atoms with E-state index in [0.717, 1.165) is 36.7 Å². The van der Waals surface area contributed by atoms with Crippen LogP contribution >= 0.6 is 15.9 Å². The van der Waals surface area contributed by atoms with Gasteiger partial charge in [0.25, 0.3) is 5.91 Å². The number of alkyl halides is 1. The number of carbonyl (C=O) groups excluding carboxylic acids is 1. The van der Waals surface area contributed by atoms with E-state index in [4.69, 9.17) is 4.42 Å². The number of piperidine rings is 1. The van der Waals surface area contributed by atoms with Crippen LogP contribution in [-0.4, -0.2) is 27.7 Å². The molecule has 3 heterocycles. The van der Waals surface area contributed by atoms with Gasteiger partial charge in [0, 0.05) is 22.3 Å². The number of halogens is 1. The molecule has 20 heavy (non-hydrogen) atoms. The number of para-hydroxylation sites is 1. The van der Waals surface area contributed by atoms with Crippen LogP contribution in [0.1, 0.15) is 36.0 Å². The van der Waals surface area contributed by atoms with Gasteiger partial charge < -0.3 is 9.32 Å². The molecule has 104 valence electrons. The zero-order valence-electron chi connectivity index (χ0n) is 11.1. The lowest BCUT2D eigenvalue weighted by molar-refractivity contribution is 0.0604. The largest absolute Gasteiger partial charge is 0.463 e. The highest BCUT2D eigenvalue weighted by Gasteiger charge is 2.43. The summed E-state index contributed by atoms with van der Waals surface area (Å²) in [6.07, 6.45) is 6.02. The Morgan fingerprint density at radius 1 is 1.20 bits per heavy atom. The summed E-state index contributed by atoms with van der Waals surface area (Å²) < 4.78 is 5.52. The van der Waals surface area contributed by atoms with Crippen LogP contribution in [0.3, 0.4) is 0 Å². The van der Waals surface area contributed by atoms with Crippen LogP contribution in [0.15, 0.2) is 34.9 Å². The number of amides is 1. The Kier molecular flexibility index (Phi) is 2.88. The quantitative estimate of drug-likeness (QED) is 0.740. The van der Waals surface area contributed by atoms with Crippen molar-refractivity contribution in [2.24, 2.45) is 0 Å². The molecule has 1 aromatic heterocycles. The van der Waals surface area contributed by atoms with E-state index in [1.807, 2.05) is 24.3 Å². The molecule has 3 nitrogen and oxygen atoms in total. The van der Waals surface area contributed by atoms with Crippen molar-refractivity contribution < 1.29 is 9.21 Å². The van der Waals surface area contributed by atoms with E-state index in [9.17, 15) is 4.79 Å². The van der Waals surface area contributed by atoms with Crippen LogP contribution < -0.4 is 0 Å². The smallest absolute Gasteiger partial charge is 0.258 e. The van der Waals surface area contributed by atoms with Crippen LogP contribution in [0, 0.1) is 0 Å². The molecule has 4 heteroatoms. The van der Waals surface area contributed by atoms with Crippen LogP contribution in [0.25, 0.3) is 11.0 Å². The minimum Gasteiger partial charge on any atom is -0.463 e. The Labute approximate surface area is 126 Å².